The Morgan fingerprint density at radius 3 is 2.33 bits per heavy atom. The van der Waals surface area contributed by atoms with E-state index in [0.717, 1.165) is 25.9 Å². The third-order valence-electron chi connectivity index (χ3n) is 3.26. The monoisotopic (exact) mass is 302 g/mol. The molecule has 2 rings (SSSR count). The molecule has 1 saturated heterocycles. The average Bonchev–Trinajstić information content (AvgIpc) is 2.92. The van der Waals surface area contributed by atoms with Gasteiger partial charge in [-0.3, -0.25) is 4.79 Å². The van der Waals surface area contributed by atoms with E-state index in [0.29, 0.717) is 5.69 Å². The molecule has 0 bridgehead atoms. The molecule has 7 heteroatoms. The van der Waals surface area contributed by atoms with Crippen LogP contribution in [-0.2, 0) is 4.79 Å². The van der Waals surface area contributed by atoms with Crippen LogP contribution in [0.5, 0.6) is 5.75 Å². The fraction of sp³-hybridized carbons (Fsp3) is 0.500. The van der Waals surface area contributed by atoms with Crippen LogP contribution in [0.25, 0.3) is 0 Å². The summed E-state index contributed by atoms with van der Waals surface area (Å²) in [5.74, 6) is -0.283. The van der Waals surface area contributed by atoms with Crippen molar-refractivity contribution < 1.29 is 22.7 Å². The van der Waals surface area contributed by atoms with Crippen molar-refractivity contribution in [3.05, 3.63) is 24.3 Å². The van der Waals surface area contributed by atoms with Gasteiger partial charge in [0.15, 0.2) is 0 Å². The maximum atomic E-state index is 12.1. The first-order chi connectivity index (χ1) is 9.85. The predicted molar refractivity (Wildman–Crippen MR) is 72.0 cm³/mol. The van der Waals surface area contributed by atoms with Gasteiger partial charge in [0.25, 0.3) is 0 Å². The highest BCUT2D eigenvalue weighted by atomic mass is 19.4. The lowest BCUT2D eigenvalue weighted by Gasteiger charge is -2.22. The van der Waals surface area contributed by atoms with Crippen molar-refractivity contribution in [1.29, 1.82) is 0 Å². The Labute approximate surface area is 120 Å². The van der Waals surface area contributed by atoms with Crippen molar-refractivity contribution in [3.8, 4) is 5.75 Å². The van der Waals surface area contributed by atoms with Crippen LogP contribution in [0.15, 0.2) is 24.3 Å². The van der Waals surface area contributed by atoms with Gasteiger partial charge in [-0.2, -0.15) is 0 Å². The fourth-order valence-corrected chi connectivity index (χ4v) is 2.28. The number of anilines is 1. The zero-order chi connectivity index (χ0) is 15.5. The van der Waals surface area contributed by atoms with Crippen LogP contribution in [-0.4, -0.2) is 36.3 Å². The van der Waals surface area contributed by atoms with Gasteiger partial charge in [0.05, 0.1) is 0 Å². The summed E-state index contributed by atoms with van der Waals surface area (Å²) in [6, 6.07) is 4.91. The van der Waals surface area contributed by atoms with Crippen molar-refractivity contribution in [3.63, 3.8) is 0 Å². The van der Waals surface area contributed by atoms with Gasteiger partial charge < -0.3 is 15.0 Å². The summed E-state index contributed by atoms with van der Waals surface area (Å²) in [4.78, 5) is 13.9. The molecule has 0 saturated carbocycles. The van der Waals surface area contributed by atoms with E-state index in [2.05, 4.69) is 10.1 Å². The maximum absolute atomic E-state index is 12.1. The second-order valence-electron chi connectivity index (χ2n) is 4.97. The van der Waals surface area contributed by atoms with E-state index in [1.165, 1.54) is 24.3 Å². The summed E-state index contributed by atoms with van der Waals surface area (Å²) in [7, 11) is 0. The maximum Gasteiger partial charge on any atom is 0.573 e. The van der Waals surface area contributed by atoms with Crippen LogP contribution in [0.2, 0.25) is 0 Å². The largest absolute Gasteiger partial charge is 0.573 e. The summed E-state index contributed by atoms with van der Waals surface area (Å²) in [6.07, 6.45) is -2.67. The molecule has 116 valence electrons. The highest BCUT2D eigenvalue weighted by molar-refractivity contribution is 5.84. The SMILES string of the molecule is CC(Nc1ccc(OC(F)(F)F)cc1)C(=O)N1CCCC1. The third kappa shape index (κ3) is 4.54. The molecule has 1 aromatic rings. The lowest BCUT2D eigenvalue weighted by Crippen LogP contribution is -2.39. The number of nitrogens with zero attached hydrogens (tertiary/aromatic N) is 1. The summed E-state index contributed by atoms with van der Waals surface area (Å²) in [5, 5.41) is 2.98. The Hall–Kier alpha value is -1.92. The van der Waals surface area contributed by atoms with Gasteiger partial charge in [-0.15, -0.1) is 13.2 Å². The summed E-state index contributed by atoms with van der Waals surface area (Å²) >= 11 is 0. The van der Waals surface area contributed by atoms with Crippen molar-refractivity contribution in [2.45, 2.75) is 32.2 Å². The average molecular weight is 302 g/mol. The minimum atomic E-state index is -4.70. The van der Waals surface area contributed by atoms with Crippen LogP contribution in [0.3, 0.4) is 0 Å². The summed E-state index contributed by atoms with van der Waals surface area (Å²) in [5.41, 5.74) is 0.574. The molecule has 1 atom stereocenters. The number of ether oxygens (including phenoxy) is 1. The number of hydrogen-bond donors (Lipinski definition) is 1. The number of rotatable bonds is 4. The zero-order valence-electron chi connectivity index (χ0n) is 11.6. The first kappa shape index (κ1) is 15.5. The second kappa shape index (κ2) is 6.24. The number of alkyl halides is 3. The molecule has 1 amide bonds. The lowest BCUT2D eigenvalue weighted by atomic mass is 10.2. The molecule has 1 N–H and O–H groups in total. The van der Waals surface area contributed by atoms with E-state index in [4.69, 9.17) is 0 Å². The quantitative estimate of drug-likeness (QED) is 0.929. The predicted octanol–water partition coefficient (Wildman–Crippen LogP) is 3.01. The Balaban J connectivity index is 1.91. The Morgan fingerprint density at radius 1 is 1.24 bits per heavy atom. The molecule has 21 heavy (non-hydrogen) atoms. The Bertz CT molecular complexity index is 482. The van der Waals surface area contributed by atoms with Crippen LogP contribution in [0, 0.1) is 0 Å². The van der Waals surface area contributed by atoms with E-state index >= 15 is 0 Å². The van der Waals surface area contributed by atoms with Gasteiger partial charge in [0.1, 0.15) is 11.8 Å². The molecule has 4 nitrogen and oxygen atoms in total. The first-order valence-electron chi connectivity index (χ1n) is 6.76. The number of amides is 1. The minimum Gasteiger partial charge on any atom is -0.406 e. The van der Waals surface area contributed by atoms with Gasteiger partial charge in [-0.25, -0.2) is 0 Å². The second-order valence-corrected chi connectivity index (χ2v) is 4.97. The minimum absolute atomic E-state index is 0.00289. The molecule has 1 aromatic carbocycles. The number of likely N-dealkylation sites (tertiary alicyclic amines) is 1. The van der Waals surface area contributed by atoms with Gasteiger partial charge in [-0.1, -0.05) is 0 Å². The lowest BCUT2D eigenvalue weighted by molar-refractivity contribution is -0.274. The number of carbonyl (C=O) groups is 1. The van der Waals surface area contributed by atoms with Crippen LogP contribution in [0.4, 0.5) is 18.9 Å². The third-order valence-corrected chi connectivity index (χ3v) is 3.26. The van der Waals surface area contributed by atoms with Gasteiger partial charge in [0, 0.05) is 18.8 Å². The van der Waals surface area contributed by atoms with Crippen molar-refractivity contribution in [1.82, 2.24) is 4.90 Å². The fourth-order valence-electron chi connectivity index (χ4n) is 2.28. The van der Waals surface area contributed by atoms with E-state index < -0.39 is 12.4 Å². The topological polar surface area (TPSA) is 41.6 Å². The standard InChI is InChI=1S/C14H17F3N2O2/c1-10(13(20)19-8-2-3-9-19)18-11-4-6-12(7-5-11)21-14(15,16)17/h4-7,10,18H,2-3,8-9H2,1H3. The molecular weight excluding hydrogens is 285 g/mol. The van der Waals surface area contributed by atoms with E-state index in [1.54, 1.807) is 11.8 Å². The molecule has 1 aliphatic heterocycles. The van der Waals surface area contributed by atoms with Crippen LogP contribution < -0.4 is 10.1 Å². The molecule has 1 fully saturated rings. The molecular formula is C14H17F3N2O2. The molecule has 0 radical (unpaired) electrons. The summed E-state index contributed by atoms with van der Waals surface area (Å²) < 4.78 is 39.9. The van der Waals surface area contributed by atoms with Crippen molar-refractivity contribution in [2.75, 3.05) is 18.4 Å². The number of hydrogen-bond acceptors (Lipinski definition) is 3. The van der Waals surface area contributed by atoms with Gasteiger partial charge in [-0.05, 0) is 44.0 Å². The molecule has 0 spiro atoms. The molecule has 1 aliphatic rings. The highest BCUT2D eigenvalue weighted by Crippen LogP contribution is 2.24. The van der Waals surface area contributed by atoms with Crippen molar-refractivity contribution >= 4 is 11.6 Å². The number of halogens is 3. The number of benzene rings is 1. The van der Waals surface area contributed by atoms with Gasteiger partial charge >= 0.3 is 6.36 Å². The molecule has 1 heterocycles. The first-order valence-corrected chi connectivity index (χ1v) is 6.76. The van der Waals surface area contributed by atoms with Gasteiger partial charge in [0.2, 0.25) is 5.91 Å². The Kier molecular flexibility index (Phi) is 4.59. The van der Waals surface area contributed by atoms with Crippen LogP contribution in [0.1, 0.15) is 19.8 Å². The molecule has 0 aliphatic carbocycles. The summed E-state index contributed by atoms with van der Waals surface area (Å²) in [6.45, 7) is 3.27. The molecule has 0 aromatic heterocycles. The van der Waals surface area contributed by atoms with E-state index in [-0.39, 0.29) is 11.7 Å². The van der Waals surface area contributed by atoms with E-state index in [9.17, 15) is 18.0 Å². The highest BCUT2D eigenvalue weighted by Gasteiger charge is 2.31. The van der Waals surface area contributed by atoms with E-state index in [1.807, 2.05) is 0 Å². The Morgan fingerprint density at radius 2 is 1.81 bits per heavy atom. The van der Waals surface area contributed by atoms with Crippen molar-refractivity contribution in [2.24, 2.45) is 0 Å². The smallest absolute Gasteiger partial charge is 0.406 e. The van der Waals surface area contributed by atoms with Crippen LogP contribution >= 0.6 is 0 Å². The number of nitrogens with one attached hydrogen (secondary N) is 1. The zero-order valence-corrected chi connectivity index (χ0v) is 11.6. The molecule has 1 unspecified atom stereocenters. The normalized spacial score (nSPS) is 16.7. The number of carbonyl (C=O) groups excluding carboxylic acids is 1.